The van der Waals surface area contributed by atoms with E-state index in [0.717, 1.165) is 16.9 Å². The predicted octanol–water partition coefficient (Wildman–Crippen LogP) is 2.97. The van der Waals surface area contributed by atoms with Gasteiger partial charge in [0.25, 0.3) is 0 Å². The van der Waals surface area contributed by atoms with Gasteiger partial charge in [0.1, 0.15) is 7.11 Å². The van der Waals surface area contributed by atoms with E-state index in [1.165, 1.54) is 25.4 Å². The summed E-state index contributed by atoms with van der Waals surface area (Å²) >= 11 is 0. The predicted molar refractivity (Wildman–Crippen MR) is 65.5 cm³/mol. The molecular formula is C12H9F3N2O3. The summed E-state index contributed by atoms with van der Waals surface area (Å²) in [6.07, 6.45) is -1.17. The lowest BCUT2D eigenvalue weighted by atomic mass is 10.1. The first-order valence-corrected chi connectivity index (χ1v) is 5.41. The summed E-state index contributed by atoms with van der Waals surface area (Å²) in [6.45, 7) is 0. The van der Waals surface area contributed by atoms with Crippen LogP contribution in [0.4, 0.5) is 13.2 Å². The first kappa shape index (κ1) is 13.9. The molecule has 2 rings (SSSR count). The highest BCUT2D eigenvalue weighted by molar-refractivity contribution is 5.89. The maximum atomic E-state index is 12.7. The highest BCUT2D eigenvalue weighted by atomic mass is 19.4. The fourth-order valence-corrected chi connectivity index (χ4v) is 1.82. The van der Waals surface area contributed by atoms with Crippen molar-refractivity contribution in [1.82, 2.24) is 4.73 Å². The smallest absolute Gasteiger partial charge is 0.416 e. The lowest BCUT2D eigenvalue weighted by Gasteiger charge is -2.07. The molecule has 0 aliphatic heterocycles. The van der Waals surface area contributed by atoms with E-state index in [1.54, 1.807) is 0 Å². The molecule has 0 saturated heterocycles. The van der Waals surface area contributed by atoms with E-state index in [9.17, 15) is 23.3 Å². The van der Waals surface area contributed by atoms with Crippen molar-refractivity contribution in [3.8, 4) is 0 Å². The minimum Gasteiger partial charge on any atom is -0.417 e. The third-order valence-corrected chi connectivity index (χ3v) is 2.70. The minimum atomic E-state index is -4.46. The van der Waals surface area contributed by atoms with Gasteiger partial charge in [0.2, 0.25) is 6.20 Å². The Kier molecular flexibility index (Phi) is 3.39. The third kappa shape index (κ3) is 2.58. The molecule has 106 valence electrons. The van der Waals surface area contributed by atoms with Crippen molar-refractivity contribution >= 4 is 17.0 Å². The molecule has 2 aromatic rings. The fraction of sp³-hybridized carbons (Fsp3) is 0.167. The highest BCUT2D eigenvalue weighted by Gasteiger charge is 2.31. The van der Waals surface area contributed by atoms with Crippen LogP contribution in [0.1, 0.15) is 11.1 Å². The van der Waals surface area contributed by atoms with Gasteiger partial charge in [-0.15, -0.1) is 0 Å². The topological polar surface area (TPSA) is 57.3 Å². The average Bonchev–Trinajstić information content (AvgIpc) is 2.72. The zero-order valence-electron chi connectivity index (χ0n) is 10.2. The van der Waals surface area contributed by atoms with Crippen LogP contribution >= 0.6 is 0 Å². The van der Waals surface area contributed by atoms with Crippen molar-refractivity contribution in [1.29, 1.82) is 0 Å². The average molecular weight is 286 g/mol. The van der Waals surface area contributed by atoms with Crippen molar-refractivity contribution < 1.29 is 22.9 Å². The zero-order chi connectivity index (χ0) is 14.9. The van der Waals surface area contributed by atoms with Crippen molar-refractivity contribution in [2.24, 2.45) is 0 Å². The molecule has 0 radical (unpaired) electrons. The Morgan fingerprint density at radius 2 is 2.10 bits per heavy atom. The van der Waals surface area contributed by atoms with Crippen molar-refractivity contribution in [3.05, 3.63) is 51.8 Å². The fourth-order valence-electron chi connectivity index (χ4n) is 1.82. The summed E-state index contributed by atoms with van der Waals surface area (Å²) in [5, 5.41) is 10.7. The third-order valence-electron chi connectivity index (χ3n) is 2.70. The van der Waals surface area contributed by atoms with Gasteiger partial charge in [-0.3, -0.25) is 10.1 Å². The largest absolute Gasteiger partial charge is 0.417 e. The van der Waals surface area contributed by atoms with E-state index in [2.05, 4.69) is 0 Å². The Hall–Kier alpha value is -2.51. The molecule has 0 unspecified atom stereocenters. The molecule has 0 atom stereocenters. The van der Waals surface area contributed by atoms with E-state index in [-0.39, 0.29) is 5.52 Å². The molecule has 20 heavy (non-hydrogen) atoms. The Bertz CT molecular complexity index is 689. The molecule has 0 amide bonds. The molecule has 1 heterocycles. The minimum absolute atomic E-state index is 0.185. The summed E-state index contributed by atoms with van der Waals surface area (Å²) in [5.74, 6) is 0. The number of hydrogen-bond donors (Lipinski definition) is 0. The van der Waals surface area contributed by atoms with Crippen LogP contribution in [0.25, 0.3) is 17.0 Å². The molecule has 0 aliphatic rings. The summed E-state index contributed by atoms with van der Waals surface area (Å²) in [5.41, 5.74) is -0.233. The van der Waals surface area contributed by atoms with Gasteiger partial charge in [-0.05, 0) is 12.1 Å². The van der Waals surface area contributed by atoms with Crippen LogP contribution in [-0.4, -0.2) is 16.8 Å². The lowest BCUT2D eigenvalue weighted by Crippen LogP contribution is -2.07. The van der Waals surface area contributed by atoms with Gasteiger partial charge in [-0.1, -0.05) is 6.07 Å². The van der Waals surface area contributed by atoms with Crippen LogP contribution in [0, 0.1) is 10.1 Å². The Labute approximate surface area is 111 Å². The second-order valence-corrected chi connectivity index (χ2v) is 3.92. The number of aromatic nitrogens is 1. The zero-order valence-corrected chi connectivity index (χ0v) is 10.2. The van der Waals surface area contributed by atoms with Crippen LogP contribution < -0.4 is 4.84 Å². The van der Waals surface area contributed by atoms with E-state index < -0.39 is 16.7 Å². The molecule has 1 aromatic heterocycles. The van der Waals surface area contributed by atoms with Crippen molar-refractivity contribution in [3.63, 3.8) is 0 Å². The molecule has 0 aliphatic carbocycles. The molecule has 5 nitrogen and oxygen atoms in total. The maximum Gasteiger partial charge on any atom is 0.416 e. The SMILES string of the molecule is COn1cc(C=C[N+](=O)[O-])c2ccc(C(F)(F)F)cc21. The first-order valence-electron chi connectivity index (χ1n) is 5.41. The van der Waals surface area contributed by atoms with E-state index >= 15 is 0 Å². The van der Waals surface area contributed by atoms with E-state index in [4.69, 9.17) is 4.84 Å². The van der Waals surface area contributed by atoms with Gasteiger partial charge in [-0.25, -0.2) is 0 Å². The van der Waals surface area contributed by atoms with Crippen LogP contribution in [0.15, 0.2) is 30.6 Å². The van der Waals surface area contributed by atoms with Gasteiger partial charge in [0.05, 0.1) is 22.2 Å². The number of benzene rings is 1. The Balaban J connectivity index is 2.62. The number of nitro groups is 1. The molecule has 0 spiro atoms. The summed E-state index contributed by atoms with van der Waals surface area (Å²) in [4.78, 5) is 14.6. The van der Waals surface area contributed by atoms with Gasteiger partial charge < -0.3 is 4.84 Å². The molecule has 0 saturated carbocycles. The van der Waals surface area contributed by atoms with Gasteiger partial charge in [0.15, 0.2) is 0 Å². The molecule has 8 heteroatoms. The molecule has 0 N–H and O–H groups in total. The first-order chi connectivity index (χ1) is 9.32. The van der Waals surface area contributed by atoms with Crippen LogP contribution in [0.5, 0.6) is 0 Å². The Morgan fingerprint density at radius 3 is 2.65 bits per heavy atom. The van der Waals surface area contributed by atoms with Crippen LogP contribution in [-0.2, 0) is 6.18 Å². The normalized spacial score (nSPS) is 12.2. The number of halogens is 3. The van der Waals surface area contributed by atoms with Gasteiger partial charge in [-0.2, -0.15) is 17.9 Å². The molecule has 0 bridgehead atoms. The monoisotopic (exact) mass is 286 g/mol. The van der Waals surface area contributed by atoms with Gasteiger partial charge >= 0.3 is 6.18 Å². The molecule has 1 aromatic carbocycles. The number of nitrogens with zero attached hydrogens (tertiary/aromatic N) is 2. The quantitative estimate of drug-likeness (QED) is 0.644. The second kappa shape index (κ2) is 4.87. The number of fused-ring (bicyclic) bond motifs is 1. The second-order valence-electron chi connectivity index (χ2n) is 3.92. The Morgan fingerprint density at radius 1 is 1.40 bits per heavy atom. The summed E-state index contributed by atoms with van der Waals surface area (Å²) in [6, 6.07) is 3.11. The lowest BCUT2D eigenvalue weighted by molar-refractivity contribution is -0.400. The van der Waals surface area contributed by atoms with Crippen LogP contribution in [0.2, 0.25) is 0 Å². The van der Waals surface area contributed by atoms with Crippen LogP contribution in [0.3, 0.4) is 0 Å². The molecular weight excluding hydrogens is 277 g/mol. The van der Waals surface area contributed by atoms with Gasteiger partial charge in [0, 0.05) is 17.0 Å². The summed E-state index contributed by atoms with van der Waals surface area (Å²) < 4.78 is 39.1. The molecule has 0 fully saturated rings. The number of alkyl halides is 3. The highest BCUT2D eigenvalue weighted by Crippen LogP contribution is 2.32. The summed E-state index contributed by atoms with van der Waals surface area (Å²) in [7, 11) is 1.29. The maximum absolute atomic E-state index is 12.7. The van der Waals surface area contributed by atoms with Crippen molar-refractivity contribution in [2.45, 2.75) is 6.18 Å². The van der Waals surface area contributed by atoms with E-state index in [1.807, 2.05) is 0 Å². The number of hydrogen-bond acceptors (Lipinski definition) is 3. The number of rotatable bonds is 3. The van der Waals surface area contributed by atoms with Crippen molar-refractivity contribution in [2.75, 3.05) is 7.11 Å². The standard InChI is InChI=1S/C12H9F3N2O3/c1-20-16-7-8(4-5-17(18)19)10-3-2-9(6-11(10)16)12(13,14)15/h2-7H,1H3. The van der Waals surface area contributed by atoms with E-state index in [0.29, 0.717) is 17.1 Å².